The van der Waals surface area contributed by atoms with Gasteiger partial charge in [0.15, 0.2) is 5.82 Å². The summed E-state index contributed by atoms with van der Waals surface area (Å²) in [7, 11) is 1.70. The van der Waals surface area contributed by atoms with E-state index in [-0.39, 0.29) is 17.0 Å². The summed E-state index contributed by atoms with van der Waals surface area (Å²) in [6.07, 6.45) is 1.65. The second kappa shape index (κ2) is 5.31. The summed E-state index contributed by atoms with van der Waals surface area (Å²) in [5, 5.41) is 27.0. The van der Waals surface area contributed by atoms with E-state index in [2.05, 4.69) is 15.7 Å². The van der Waals surface area contributed by atoms with E-state index < -0.39 is 12.0 Å². The molecular weight excluding hydrogens is 264 g/mol. The number of nitrogens with one attached hydrogen (secondary N) is 2. The maximum absolute atomic E-state index is 11.7. The van der Waals surface area contributed by atoms with Crippen molar-refractivity contribution in [3.63, 3.8) is 0 Å². The number of anilines is 2. The number of rotatable bonds is 3. The molecule has 0 saturated heterocycles. The van der Waals surface area contributed by atoms with Gasteiger partial charge in [-0.3, -0.25) is 10.00 Å². The first kappa shape index (κ1) is 13.4. The number of benzene rings is 1. The van der Waals surface area contributed by atoms with Crippen molar-refractivity contribution < 1.29 is 19.8 Å². The molecule has 0 spiro atoms. The molecule has 8 nitrogen and oxygen atoms in total. The monoisotopic (exact) mass is 276 g/mol. The van der Waals surface area contributed by atoms with E-state index in [1.165, 1.54) is 16.8 Å². The lowest BCUT2D eigenvalue weighted by Crippen LogP contribution is -2.21. The van der Waals surface area contributed by atoms with Gasteiger partial charge in [-0.1, -0.05) is 0 Å². The largest absolute Gasteiger partial charge is 0.508 e. The first-order chi connectivity index (χ1) is 9.45. The Kier molecular flexibility index (Phi) is 3.56. The molecule has 8 heteroatoms. The van der Waals surface area contributed by atoms with Crippen molar-refractivity contribution in [3.05, 3.63) is 36.0 Å². The molecule has 1 aromatic heterocycles. The minimum Gasteiger partial charge on any atom is -0.508 e. The molecule has 2 rings (SSSR count). The zero-order valence-electron chi connectivity index (χ0n) is 10.5. The molecule has 0 bridgehead atoms. The third kappa shape index (κ3) is 3.05. The van der Waals surface area contributed by atoms with Crippen molar-refractivity contribution in [2.24, 2.45) is 7.05 Å². The number of nitrogens with zero attached hydrogens (tertiary/aromatic N) is 2. The number of phenols is 1. The Labute approximate surface area is 113 Å². The molecule has 0 atom stereocenters. The number of amides is 2. The van der Waals surface area contributed by atoms with Crippen LogP contribution in [0.25, 0.3) is 0 Å². The van der Waals surface area contributed by atoms with Gasteiger partial charge >= 0.3 is 12.0 Å². The van der Waals surface area contributed by atoms with Gasteiger partial charge in [0.25, 0.3) is 0 Å². The van der Waals surface area contributed by atoms with Crippen LogP contribution in [0.1, 0.15) is 10.4 Å². The van der Waals surface area contributed by atoms with Crippen LogP contribution in [0, 0.1) is 0 Å². The molecule has 2 amide bonds. The predicted octanol–water partition coefficient (Wildman–Crippen LogP) is 1.47. The lowest BCUT2D eigenvalue weighted by Gasteiger charge is -2.09. The molecule has 0 aliphatic heterocycles. The van der Waals surface area contributed by atoms with Gasteiger partial charge in [0.1, 0.15) is 5.75 Å². The maximum Gasteiger partial charge on any atom is 0.337 e. The second-order valence-electron chi connectivity index (χ2n) is 3.99. The summed E-state index contributed by atoms with van der Waals surface area (Å²) in [6.45, 7) is 0. The number of carbonyl (C=O) groups excluding carboxylic acids is 1. The van der Waals surface area contributed by atoms with Gasteiger partial charge in [0, 0.05) is 19.3 Å². The topological polar surface area (TPSA) is 116 Å². The Morgan fingerprint density at radius 3 is 2.60 bits per heavy atom. The number of urea groups is 1. The number of aryl methyl sites for hydroxylation is 1. The number of aromatic hydroxyl groups is 1. The number of aromatic carboxylic acids is 1. The van der Waals surface area contributed by atoms with Crippen molar-refractivity contribution in [2.45, 2.75) is 0 Å². The van der Waals surface area contributed by atoms with Crippen LogP contribution in [-0.2, 0) is 7.05 Å². The molecule has 0 saturated carbocycles. The lowest BCUT2D eigenvalue weighted by molar-refractivity contribution is 0.0697. The predicted molar refractivity (Wildman–Crippen MR) is 70.9 cm³/mol. The van der Waals surface area contributed by atoms with E-state index in [4.69, 9.17) is 5.11 Å². The van der Waals surface area contributed by atoms with Gasteiger partial charge in [-0.05, 0) is 18.2 Å². The molecule has 1 heterocycles. The van der Waals surface area contributed by atoms with Crippen LogP contribution >= 0.6 is 0 Å². The maximum atomic E-state index is 11.7. The fourth-order valence-corrected chi connectivity index (χ4v) is 1.57. The Bertz CT molecular complexity index is 665. The summed E-state index contributed by atoms with van der Waals surface area (Å²) in [6, 6.07) is 4.60. The van der Waals surface area contributed by atoms with E-state index in [1.807, 2.05) is 0 Å². The van der Waals surface area contributed by atoms with Crippen molar-refractivity contribution in [2.75, 3.05) is 10.6 Å². The average molecular weight is 276 g/mol. The van der Waals surface area contributed by atoms with Crippen molar-refractivity contribution in [1.29, 1.82) is 0 Å². The van der Waals surface area contributed by atoms with Crippen molar-refractivity contribution in [1.82, 2.24) is 9.78 Å². The molecular formula is C12H12N4O4. The fourth-order valence-electron chi connectivity index (χ4n) is 1.57. The van der Waals surface area contributed by atoms with E-state index in [0.717, 1.165) is 6.07 Å². The van der Waals surface area contributed by atoms with Gasteiger partial charge in [-0.2, -0.15) is 5.10 Å². The summed E-state index contributed by atoms with van der Waals surface area (Å²) >= 11 is 0. The number of phenolic OH excluding ortho intramolecular Hbond substituents is 1. The van der Waals surface area contributed by atoms with E-state index >= 15 is 0 Å². The van der Waals surface area contributed by atoms with Crippen LogP contribution in [-0.4, -0.2) is 32.0 Å². The number of hydrogen-bond donors (Lipinski definition) is 4. The highest BCUT2D eigenvalue weighted by Gasteiger charge is 2.13. The molecule has 104 valence electrons. The average Bonchev–Trinajstić information content (AvgIpc) is 2.76. The number of carbonyl (C=O) groups is 2. The normalized spacial score (nSPS) is 10.1. The Hall–Kier alpha value is -3.03. The minimum atomic E-state index is -1.26. The summed E-state index contributed by atoms with van der Waals surface area (Å²) in [4.78, 5) is 22.7. The third-order valence-electron chi connectivity index (χ3n) is 2.44. The van der Waals surface area contributed by atoms with E-state index in [1.54, 1.807) is 19.3 Å². The molecule has 4 N–H and O–H groups in total. The third-order valence-corrected chi connectivity index (χ3v) is 2.44. The number of aromatic nitrogens is 2. The van der Waals surface area contributed by atoms with Crippen LogP contribution in [0.2, 0.25) is 0 Å². The minimum absolute atomic E-state index is 0.0729. The Morgan fingerprint density at radius 2 is 2.00 bits per heavy atom. The standard InChI is InChI=1S/C12H12N4O4/c1-16-5-4-10(15-16)14-12(20)13-9-3-2-7(17)6-8(9)11(18)19/h2-6,17H,1H3,(H,18,19)(H2,13,14,15,20). The quantitative estimate of drug-likeness (QED) is 0.633. The molecule has 2 aromatic rings. The highest BCUT2D eigenvalue weighted by atomic mass is 16.4. The number of carboxylic acid groups (broad SMARTS) is 1. The van der Waals surface area contributed by atoms with Crippen molar-refractivity contribution in [3.8, 4) is 5.75 Å². The zero-order chi connectivity index (χ0) is 14.7. The first-order valence-corrected chi connectivity index (χ1v) is 5.59. The van der Waals surface area contributed by atoms with Crippen LogP contribution in [0.3, 0.4) is 0 Å². The summed E-state index contributed by atoms with van der Waals surface area (Å²) in [5.41, 5.74) is -0.134. The highest BCUT2D eigenvalue weighted by Crippen LogP contribution is 2.21. The highest BCUT2D eigenvalue weighted by molar-refractivity contribution is 6.04. The van der Waals surface area contributed by atoms with E-state index in [9.17, 15) is 14.7 Å². The van der Waals surface area contributed by atoms with Crippen molar-refractivity contribution >= 4 is 23.5 Å². The van der Waals surface area contributed by atoms with Gasteiger partial charge < -0.3 is 15.5 Å². The number of carboxylic acids is 1. The molecule has 0 unspecified atom stereocenters. The van der Waals surface area contributed by atoms with E-state index in [0.29, 0.717) is 5.82 Å². The van der Waals surface area contributed by atoms with Gasteiger partial charge in [-0.15, -0.1) is 0 Å². The second-order valence-corrected chi connectivity index (χ2v) is 3.99. The molecule has 20 heavy (non-hydrogen) atoms. The lowest BCUT2D eigenvalue weighted by atomic mass is 10.1. The number of hydrogen-bond acceptors (Lipinski definition) is 4. The van der Waals surface area contributed by atoms with Crippen LogP contribution in [0.4, 0.5) is 16.3 Å². The summed E-state index contributed by atoms with van der Waals surface area (Å²) in [5.74, 6) is -1.12. The van der Waals surface area contributed by atoms with Crippen LogP contribution < -0.4 is 10.6 Å². The molecule has 0 aliphatic rings. The Morgan fingerprint density at radius 1 is 1.25 bits per heavy atom. The Balaban J connectivity index is 2.13. The van der Waals surface area contributed by atoms with Crippen LogP contribution in [0.5, 0.6) is 5.75 Å². The van der Waals surface area contributed by atoms with Gasteiger partial charge in [0.2, 0.25) is 0 Å². The fraction of sp³-hybridized carbons (Fsp3) is 0.0833. The molecule has 0 fully saturated rings. The SMILES string of the molecule is Cn1ccc(NC(=O)Nc2ccc(O)cc2C(=O)O)n1. The van der Waals surface area contributed by atoms with Crippen LogP contribution in [0.15, 0.2) is 30.5 Å². The molecule has 0 radical (unpaired) electrons. The molecule has 1 aromatic carbocycles. The smallest absolute Gasteiger partial charge is 0.337 e. The first-order valence-electron chi connectivity index (χ1n) is 5.59. The van der Waals surface area contributed by atoms with Gasteiger partial charge in [0.05, 0.1) is 11.3 Å². The molecule has 0 aliphatic carbocycles. The summed E-state index contributed by atoms with van der Waals surface area (Å²) < 4.78 is 1.51. The van der Waals surface area contributed by atoms with Gasteiger partial charge in [-0.25, -0.2) is 9.59 Å². The zero-order valence-corrected chi connectivity index (χ0v) is 10.5.